The van der Waals surface area contributed by atoms with Crippen molar-refractivity contribution >= 4 is 5.91 Å². The summed E-state index contributed by atoms with van der Waals surface area (Å²) < 4.78 is 4.94. The van der Waals surface area contributed by atoms with E-state index in [0.29, 0.717) is 13.2 Å². The number of hydrogen-bond acceptors (Lipinski definition) is 4. The number of likely N-dealkylation sites (N-methyl/N-ethyl adjacent to an activating group) is 1. The molecule has 0 radical (unpaired) electrons. The Labute approximate surface area is 97.3 Å². The van der Waals surface area contributed by atoms with Crippen LogP contribution in [0.3, 0.4) is 0 Å². The zero-order valence-corrected chi connectivity index (χ0v) is 10.0. The largest absolute Gasteiger partial charge is 0.383 e. The molecule has 0 saturated heterocycles. The third kappa shape index (κ3) is 7.23. The normalized spacial score (nSPS) is 12.2. The molecule has 0 aromatic heterocycles. The monoisotopic (exact) mass is 227 g/mol. The number of nitrogens with one attached hydrogen (secondary N) is 1. The van der Waals surface area contributed by atoms with E-state index in [4.69, 9.17) is 16.9 Å². The molecular weight excluding hydrogens is 206 g/mol. The third-order valence-electron chi connectivity index (χ3n) is 2.14. The number of amides is 1. The second-order valence-corrected chi connectivity index (χ2v) is 3.60. The summed E-state index contributed by atoms with van der Waals surface area (Å²) >= 11 is 0. The van der Waals surface area contributed by atoms with Crippen LogP contribution in [0.25, 0.3) is 0 Å². The van der Waals surface area contributed by atoms with Crippen molar-refractivity contribution in [2.45, 2.75) is 12.5 Å². The van der Waals surface area contributed by atoms with Crippen LogP contribution in [0.5, 0.6) is 0 Å². The molecule has 5 heteroatoms. The lowest BCUT2D eigenvalue weighted by Crippen LogP contribution is -2.43. The minimum absolute atomic E-state index is 0.196. The summed E-state index contributed by atoms with van der Waals surface area (Å²) in [6.45, 7) is 2.85. The van der Waals surface area contributed by atoms with E-state index < -0.39 is 6.04 Å². The van der Waals surface area contributed by atoms with E-state index in [2.05, 4.69) is 16.1 Å². The minimum Gasteiger partial charge on any atom is -0.383 e. The summed E-state index contributed by atoms with van der Waals surface area (Å²) in [6, 6.07) is -0.603. The Morgan fingerprint density at radius 1 is 1.62 bits per heavy atom. The van der Waals surface area contributed by atoms with E-state index in [1.807, 2.05) is 7.05 Å². The molecule has 0 aliphatic heterocycles. The van der Waals surface area contributed by atoms with Crippen LogP contribution in [-0.4, -0.2) is 57.2 Å². The molecule has 0 bridgehead atoms. The Morgan fingerprint density at radius 3 is 2.88 bits per heavy atom. The zero-order chi connectivity index (χ0) is 12.4. The molecule has 0 heterocycles. The van der Waals surface area contributed by atoms with Crippen molar-refractivity contribution in [2.75, 3.05) is 40.4 Å². The van der Waals surface area contributed by atoms with Gasteiger partial charge in [0, 0.05) is 33.2 Å². The maximum absolute atomic E-state index is 11.4. The lowest BCUT2D eigenvalue weighted by molar-refractivity contribution is -0.122. The van der Waals surface area contributed by atoms with Crippen LogP contribution in [0.1, 0.15) is 6.42 Å². The highest BCUT2D eigenvalue weighted by molar-refractivity contribution is 5.81. The minimum atomic E-state index is -0.603. The predicted octanol–water partition coefficient (Wildman–Crippen LogP) is -0.969. The molecule has 0 aliphatic rings. The van der Waals surface area contributed by atoms with Gasteiger partial charge >= 0.3 is 0 Å². The van der Waals surface area contributed by atoms with Gasteiger partial charge in [0.2, 0.25) is 5.91 Å². The van der Waals surface area contributed by atoms with E-state index in [9.17, 15) is 4.79 Å². The summed E-state index contributed by atoms with van der Waals surface area (Å²) in [5, 5.41) is 2.73. The standard InChI is InChI=1S/C11H21N3O2/c1-4-5-10(12)11(15)13-6-7-14(2)8-9-16-3/h1,10H,5-9,12H2,2-3H3,(H,13,15). The van der Waals surface area contributed by atoms with Gasteiger partial charge in [-0.2, -0.15) is 0 Å². The third-order valence-corrected chi connectivity index (χ3v) is 2.14. The predicted molar refractivity (Wildman–Crippen MR) is 63.8 cm³/mol. The lowest BCUT2D eigenvalue weighted by Gasteiger charge is -2.17. The van der Waals surface area contributed by atoms with Crippen molar-refractivity contribution in [3.63, 3.8) is 0 Å². The van der Waals surface area contributed by atoms with Crippen molar-refractivity contribution in [2.24, 2.45) is 5.73 Å². The van der Waals surface area contributed by atoms with E-state index in [1.165, 1.54) is 0 Å². The number of carbonyl (C=O) groups excluding carboxylic acids is 1. The van der Waals surface area contributed by atoms with E-state index in [1.54, 1.807) is 7.11 Å². The van der Waals surface area contributed by atoms with E-state index in [-0.39, 0.29) is 12.3 Å². The highest BCUT2D eigenvalue weighted by Gasteiger charge is 2.10. The first-order valence-corrected chi connectivity index (χ1v) is 5.26. The Balaban J connectivity index is 3.58. The van der Waals surface area contributed by atoms with Crippen LogP contribution in [-0.2, 0) is 9.53 Å². The molecule has 0 aromatic carbocycles. The number of terminal acetylenes is 1. The first-order chi connectivity index (χ1) is 7.61. The van der Waals surface area contributed by atoms with Gasteiger partial charge in [0.05, 0.1) is 12.6 Å². The number of nitrogens with two attached hydrogens (primary N) is 1. The first-order valence-electron chi connectivity index (χ1n) is 5.26. The van der Waals surface area contributed by atoms with Crippen LogP contribution in [0.4, 0.5) is 0 Å². The van der Waals surface area contributed by atoms with Crippen molar-refractivity contribution in [1.29, 1.82) is 0 Å². The smallest absolute Gasteiger partial charge is 0.237 e. The number of methoxy groups -OCH3 is 1. The van der Waals surface area contributed by atoms with Crippen molar-refractivity contribution < 1.29 is 9.53 Å². The molecule has 1 unspecified atom stereocenters. The van der Waals surface area contributed by atoms with Crippen LogP contribution in [0.2, 0.25) is 0 Å². The molecule has 1 amide bonds. The Bertz CT molecular complexity index is 238. The fourth-order valence-corrected chi connectivity index (χ4v) is 1.08. The Hall–Kier alpha value is -1.09. The topological polar surface area (TPSA) is 67.6 Å². The summed E-state index contributed by atoms with van der Waals surface area (Å²) in [7, 11) is 3.63. The maximum Gasteiger partial charge on any atom is 0.237 e. The number of hydrogen-bond donors (Lipinski definition) is 2. The number of carbonyl (C=O) groups is 1. The summed E-state index contributed by atoms with van der Waals surface area (Å²) in [5.41, 5.74) is 5.54. The number of nitrogens with zero attached hydrogens (tertiary/aromatic N) is 1. The average Bonchev–Trinajstić information content (AvgIpc) is 2.26. The molecule has 0 rings (SSSR count). The number of ether oxygens (including phenoxy) is 1. The average molecular weight is 227 g/mol. The zero-order valence-electron chi connectivity index (χ0n) is 10.0. The van der Waals surface area contributed by atoms with E-state index >= 15 is 0 Å². The van der Waals surface area contributed by atoms with Crippen LogP contribution >= 0.6 is 0 Å². The van der Waals surface area contributed by atoms with Crippen molar-refractivity contribution in [3.05, 3.63) is 0 Å². The Kier molecular flexibility index (Phi) is 8.53. The van der Waals surface area contributed by atoms with Crippen molar-refractivity contribution in [1.82, 2.24) is 10.2 Å². The molecule has 92 valence electrons. The molecule has 5 nitrogen and oxygen atoms in total. The van der Waals surface area contributed by atoms with Gasteiger partial charge in [-0.3, -0.25) is 4.79 Å². The van der Waals surface area contributed by atoms with Gasteiger partial charge in [-0.1, -0.05) is 0 Å². The fraction of sp³-hybridized carbons (Fsp3) is 0.727. The van der Waals surface area contributed by atoms with Gasteiger partial charge in [-0.25, -0.2) is 0 Å². The molecule has 16 heavy (non-hydrogen) atoms. The molecule has 1 atom stereocenters. The molecule has 3 N–H and O–H groups in total. The fourth-order valence-electron chi connectivity index (χ4n) is 1.08. The van der Waals surface area contributed by atoms with Gasteiger partial charge in [-0.15, -0.1) is 12.3 Å². The number of rotatable bonds is 8. The van der Waals surface area contributed by atoms with Crippen LogP contribution in [0.15, 0.2) is 0 Å². The highest BCUT2D eigenvalue weighted by atomic mass is 16.5. The first kappa shape index (κ1) is 14.9. The summed E-state index contributed by atoms with van der Waals surface area (Å²) in [6.07, 6.45) is 5.34. The summed E-state index contributed by atoms with van der Waals surface area (Å²) in [5.74, 6) is 2.17. The second-order valence-electron chi connectivity index (χ2n) is 3.60. The van der Waals surface area contributed by atoms with Crippen LogP contribution < -0.4 is 11.1 Å². The van der Waals surface area contributed by atoms with Crippen LogP contribution in [0, 0.1) is 12.3 Å². The molecule has 0 saturated carbocycles. The second kappa shape index (κ2) is 9.16. The molecule has 0 fully saturated rings. The van der Waals surface area contributed by atoms with E-state index in [0.717, 1.165) is 13.1 Å². The van der Waals surface area contributed by atoms with Gasteiger partial charge in [0.25, 0.3) is 0 Å². The molecule has 0 aromatic rings. The Morgan fingerprint density at radius 2 is 2.31 bits per heavy atom. The molecule has 0 spiro atoms. The lowest BCUT2D eigenvalue weighted by atomic mass is 10.2. The van der Waals surface area contributed by atoms with Gasteiger partial charge in [0.15, 0.2) is 0 Å². The maximum atomic E-state index is 11.4. The molecule has 0 aliphatic carbocycles. The highest BCUT2D eigenvalue weighted by Crippen LogP contribution is 1.86. The quantitative estimate of drug-likeness (QED) is 0.524. The summed E-state index contributed by atoms with van der Waals surface area (Å²) in [4.78, 5) is 13.4. The van der Waals surface area contributed by atoms with Gasteiger partial charge < -0.3 is 20.7 Å². The van der Waals surface area contributed by atoms with Gasteiger partial charge in [-0.05, 0) is 7.05 Å². The van der Waals surface area contributed by atoms with Gasteiger partial charge in [0.1, 0.15) is 0 Å². The SMILES string of the molecule is C#CCC(N)C(=O)NCCN(C)CCOC. The molecular formula is C11H21N3O2. The van der Waals surface area contributed by atoms with Crippen molar-refractivity contribution in [3.8, 4) is 12.3 Å².